The van der Waals surface area contributed by atoms with Crippen LogP contribution in [0.15, 0.2) is 0 Å². The molecule has 3 unspecified atom stereocenters. The van der Waals surface area contributed by atoms with Crippen LogP contribution in [0.2, 0.25) is 0 Å². The summed E-state index contributed by atoms with van der Waals surface area (Å²) in [5.74, 6) is 0.617. The molecule has 1 aliphatic rings. The first kappa shape index (κ1) is 13.5. The van der Waals surface area contributed by atoms with Gasteiger partial charge in [-0.25, -0.2) is 0 Å². The predicted octanol–water partition coefficient (Wildman–Crippen LogP) is 0.639. The second-order valence-electron chi connectivity index (χ2n) is 4.99. The number of carbonyl (C=O) groups is 1. The average Bonchev–Trinajstić information content (AvgIpc) is 2.70. The minimum absolute atomic E-state index is 0.130. The maximum absolute atomic E-state index is 11.7. The van der Waals surface area contributed by atoms with Crippen LogP contribution in [0.3, 0.4) is 0 Å². The zero-order valence-electron chi connectivity index (χ0n) is 10.1. The Kier molecular flexibility index (Phi) is 5.77. The van der Waals surface area contributed by atoms with E-state index in [1.54, 1.807) is 0 Å². The Bertz CT molecular complexity index is 221. The number of hydrogen-bond acceptors (Lipinski definition) is 3. The third-order valence-corrected chi connectivity index (χ3v) is 3.33. The Morgan fingerprint density at radius 2 is 2.31 bits per heavy atom. The van der Waals surface area contributed by atoms with Gasteiger partial charge >= 0.3 is 0 Å². The molecule has 1 rings (SSSR count). The third-order valence-electron chi connectivity index (χ3n) is 3.33. The monoisotopic (exact) mass is 228 g/mol. The molecule has 94 valence electrons. The van der Waals surface area contributed by atoms with Gasteiger partial charge in [-0.1, -0.05) is 6.92 Å². The second kappa shape index (κ2) is 6.86. The molecule has 1 amide bonds. The Labute approximate surface area is 97.6 Å². The topological polar surface area (TPSA) is 75.3 Å². The lowest BCUT2D eigenvalue weighted by atomic mass is 10.1. The van der Waals surface area contributed by atoms with Crippen LogP contribution in [0.25, 0.3) is 0 Å². The molecule has 3 atom stereocenters. The van der Waals surface area contributed by atoms with Gasteiger partial charge in [0.15, 0.2) is 0 Å². The SMILES string of the molecule is CC(CO)CCCNC(=O)C1CCC(N)C1. The zero-order chi connectivity index (χ0) is 12.0. The molecular weight excluding hydrogens is 204 g/mol. The van der Waals surface area contributed by atoms with Crippen LogP contribution in [0.4, 0.5) is 0 Å². The molecule has 4 heteroatoms. The average molecular weight is 228 g/mol. The molecule has 0 spiro atoms. The molecule has 0 aromatic rings. The summed E-state index contributed by atoms with van der Waals surface area (Å²) in [6, 6.07) is 0.213. The van der Waals surface area contributed by atoms with Gasteiger partial charge in [-0.05, 0) is 38.0 Å². The van der Waals surface area contributed by atoms with Crippen LogP contribution in [0.1, 0.15) is 39.0 Å². The lowest BCUT2D eigenvalue weighted by Crippen LogP contribution is -2.31. The van der Waals surface area contributed by atoms with Gasteiger partial charge in [-0.3, -0.25) is 4.79 Å². The molecule has 0 radical (unpaired) electrons. The van der Waals surface area contributed by atoms with Gasteiger partial charge in [-0.15, -0.1) is 0 Å². The van der Waals surface area contributed by atoms with Crippen molar-refractivity contribution in [2.24, 2.45) is 17.6 Å². The van der Waals surface area contributed by atoms with Crippen LogP contribution in [-0.2, 0) is 4.79 Å². The summed E-state index contributed by atoms with van der Waals surface area (Å²) in [7, 11) is 0. The minimum Gasteiger partial charge on any atom is -0.396 e. The van der Waals surface area contributed by atoms with Crippen LogP contribution in [0.5, 0.6) is 0 Å². The minimum atomic E-state index is 0.130. The summed E-state index contributed by atoms with van der Waals surface area (Å²) in [5.41, 5.74) is 5.77. The number of aliphatic hydroxyl groups is 1. The summed E-state index contributed by atoms with van der Waals surface area (Å²) >= 11 is 0. The van der Waals surface area contributed by atoms with E-state index in [9.17, 15) is 4.79 Å². The maximum Gasteiger partial charge on any atom is 0.223 e. The van der Waals surface area contributed by atoms with E-state index in [1.165, 1.54) is 0 Å². The highest BCUT2D eigenvalue weighted by atomic mass is 16.3. The van der Waals surface area contributed by atoms with Crippen molar-refractivity contribution in [2.45, 2.75) is 45.1 Å². The van der Waals surface area contributed by atoms with Crippen molar-refractivity contribution in [1.82, 2.24) is 5.32 Å². The van der Waals surface area contributed by atoms with E-state index in [0.29, 0.717) is 5.92 Å². The van der Waals surface area contributed by atoms with Crippen molar-refractivity contribution in [3.05, 3.63) is 0 Å². The molecule has 4 N–H and O–H groups in total. The third kappa shape index (κ3) is 4.49. The highest BCUT2D eigenvalue weighted by Crippen LogP contribution is 2.23. The lowest BCUT2D eigenvalue weighted by Gasteiger charge is -2.11. The number of hydrogen-bond donors (Lipinski definition) is 3. The van der Waals surface area contributed by atoms with Gasteiger partial charge < -0.3 is 16.2 Å². The van der Waals surface area contributed by atoms with E-state index in [-0.39, 0.29) is 24.5 Å². The molecule has 0 bridgehead atoms. The smallest absolute Gasteiger partial charge is 0.223 e. The highest BCUT2D eigenvalue weighted by molar-refractivity contribution is 5.78. The number of nitrogens with one attached hydrogen (secondary N) is 1. The van der Waals surface area contributed by atoms with Crippen molar-refractivity contribution in [3.8, 4) is 0 Å². The fourth-order valence-corrected chi connectivity index (χ4v) is 2.15. The van der Waals surface area contributed by atoms with Crippen molar-refractivity contribution >= 4 is 5.91 Å². The molecule has 1 fully saturated rings. The van der Waals surface area contributed by atoms with Gasteiger partial charge in [-0.2, -0.15) is 0 Å². The molecule has 0 aromatic heterocycles. The Morgan fingerprint density at radius 1 is 1.56 bits per heavy atom. The number of aliphatic hydroxyl groups excluding tert-OH is 1. The molecule has 1 saturated carbocycles. The van der Waals surface area contributed by atoms with Gasteiger partial charge in [0.05, 0.1) is 0 Å². The number of nitrogens with two attached hydrogens (primary N) is 1. The van der Waals surface area contributed by atoms with E-state index in [0.717, 1.165) is 38.6 Å². The largest absolute Gasteiger partial charge is 0.396 e. The summed E-state index contributed by atoms with van der Waals surface area (Å²) in [5, 5.41) is 11.8. The Morgan fingerprint density at radius 3 is 2.88 bits per heavy atom. The van der Waals surface area contributed by atoms with E-state index in [4.69, 9.17) is 10.8 Å². The van der Waals surface area contributed by atoms with E-state index < -0.39 is 0 Å². The second-order valence-corrected chi connectivity index (χ2v) is 4.99. The quantitative estimate of drug-likeness (QED) is 0.584. The molecule has 0 aliphatic heterocycles. The molecule has 1 aliphatic carbocycles. The summed E-state index contributed by atoms with van der Waals surface area (Å²) < 4.78 is 0. The van der Waals surface area contributed by atoms with E-state index in [2.05, 4.69) is 5.32 Å². The fourth-order valence-electron chi connectivity index (χ4n) is 2.15. The van der Waals surface area contributed by atoms with Crippen LogP contribution < -0.4 is 11.1 Å². The number of rotatable bonds is 6. The van der Waals surface area contributed by atoms with Crippen LogP contribution in [0, 0.1) is 11.8 Å². The van der Waals surface area contributed by atoms with E-state index in [1.807, 2.05) is 6.92 Å². The van der Waals surface area contributed by atoms with Crippen molar-refractivity contribution in [1.29, 1.82) is 0 Å². The fraction of sp³-hybridized carbons (Fsp3) is 0.917. The molecule has 16 heavy (non-hydrogen) atoms. The van der Waals surface area contributed by atoms with Crippen molar-refractivity contribution < 1.29 is 9.90 Å². The first-order valence-corrected chi connectivity index (χ1v) is 6.27. The van der Waals surface area contributed by atoms with Crippen molar-refractivity contribution in [3.63, 3.8) is 0 Å². The van der Waals surface area contributed by atoms with Gasteiger partial charge in [0.25, 0.3) is 0 Å². The van der Waals surface area contributed by atoms with Crippen molar-refractivity contribution in [2.75, 3.05) is 13.2 Å². The first-order valence-electron chi connectivity index (χ1n) is 6.27. The predicted molar refractivity (Wildman–Crippen MR) is 63.8 cm³/mol. The normalized spacial score (nSPS) is 26.7. The first-order chi connectivity index (χ1) is 7.63. The molecule has 0 aromatic carbocycles. The number of amides is 1. The zero-order valence-corrected chi connectivity index (χ0v) is 10.1. The summed E-state index contributed by atoms with van der Waals surface area (Å²) in [4.78, 5) is 11.7. The van der Waals surface area contributed by atoms with Crippen LogP contribution in [-0.4, -0.2) is 30.2 Å². The van der Waals surface area contributed by atoms with Gasteiger partial charge in [0.1, 0.15) is 0 Å². The molecular formula is C12H24N2O2. The maximum atomic E-state index is 11.7. The van der Waals surface area contributed by atoms with E-state index >= 15 is 0 Å². The molecule has 0 heterocycles. The molecule has 4 nitrogen and oxygen atoms in total. The standard InChI is InChI=1S/C12H24N2O2/c1-9(8-15)3-2-6-14-12(16)10-4-5-11(13)7-10/h9-11,15H,2-8,13H2,1H3,(H,14,16). The molecule has 0 saturated heterocycles. The Balaban J connectivity index is 2.06. The Hall–Kier alpha value is -0.610. The summed E-state index contributed by atoms with van der Waals surface area (Å²) in [6.45, 7) is 2.96. The van der Waals surface area contributed by atoms with Crippen LogP contribution >= 0.6 is 0 Å². The lowest BCUT2D eigenvalue weighted by molar-refractivity contribution is -0.124. The number of carbonyl (C=O) groups excluding carboxylic acids is 1. The van der Waals surface area contributed by atoms with Gasteiger partial charge in [0, 0.05) is 25.1 Å². The highest BCUT2D eigenvalue weighted by Gasteiger charge is 2.27. The summed E-state index contributed by atoms with van der Waals surface area (Å²) in [6.07, 6.45) is 4.63. The van der Waals surface area contributed by atoms with Gasteiger partial charge in [0.2, 0.25) is 5.91 Å².